The molecule has 0 saturated heterocycles. The van der Waals surface area contributed by atoms with Crippen molar-refractivity contribution in [2.75, 3.05) is 5.32 Å². The van der Waals surface area contributed by atoms with Gasteiger partial charge >= 0.3 is 12.2 Å². The second-order valence-electron chi connectivity index (χ2n) is 6.53. The lowest BCUT2D eigenvalue weighted by Crippen LogP contribution is -2.28. The first-order chi connectivity index (χ1) is 15.8. The molecule has 0 atom stereocenters. The van der Waals surface area contributed by atoms with E-state index in [2.05, 4.69) is 46.5 Å². The molecule has 1 aromatic carbocycles. The molecule has 0 unspecified atom stereocenters. The maximum absolute atomic E-state index is 12.6. The molecule has 0 radical (unpaired) electrons. The number of thiazole rings is 1. The Bertz CT molecular complexity index is 1240. The van der Waals surface area contributed by atoms with Crippen LogP contribution in [0.15, 0.2) is 68.7 Å². The molecule has 0 saturated carbocycles. The van der Waals surface area contributed by atoms with Crippen molar-refractivity contribution in [1.82, 2.24) is 25.3 Å². The Morgan fingerprint density at radius 3 is 2.55 bits per heavy atom. The number of carbonyl (C=O) groups excluding carboxylic acids is 1. The highest BCUT2D eigenvalue weighted by Crippen LogP contribution is 2.34. The summed E-state index contributed by atoms with van der Waals surface area (Å²) in [6, 6.07) is 9.54. The van der Waals surface area contributed by atoms with E-state index in [1.54, 1.807) is 6.20 Å². The third-order valence-electron chi connectivity index (χ3n) is 4.17. The predicted molar refractivity (Wildman–Crippen MR) is 123 cm³/mol. The van der Waals surface area contributed by atoms with Gasteiger partial charge in [0, 0.05) is 10.7 Å². The monoisotopic (exact) mass is 554 g/mol. The van der Waals surface area contributed by atoms with Gasteiger partial charge in [-0.3, -0.25) is 5.32 Å². The number of H-pyrrole nitrogens is 1. The zero-order chi connectivity index (χ0) is 23.4. The Morgan fingerprint density at radius 1 is 1.06 bits per heavy atom. The van der Waals surface area contributed by atoms with E-state index in [0.717, 1.165) is 39.8 Å². The van der Waals surface area contributed by atoms with Gasteiger partial charge in [0.05, 0.1) is 34.4 Å². The number of nitrogens with zero attached hydrogens (tertiary/aromatic N) is 3. The van der Waals surface area contributed by atoms with Crippen molar-refractivity contribution in [1.29, 1.82) is 0 Å². The smallest absolute Gasteiger partial charge is 0.341 e. The zero-order valence-corrected chi connectivity index (χ0v) is 19.7. The van der Waals surface area contributed by atoms with Gasteiger partial charge in [-0.2, -0.15) is 13.2 Å². The second kappa shape index (κ2) is 9.93. The molecule has 33 heavy (non-hydrogen) atoms. The Balaban J connectivity index is 1.28. The molecule has 13 heteroatoms. The molecule has 0 aliphatic heterocycles. The number of hydrogen-bond acceptors (Lipinski definition) is 6. The van der Waals surface area contributed by atoms with Gasteiger partial charge in [-0.15, -0.1) is 0 Å². The normalized spacial score (nSPS) is 11.4. The van der Waals surface area contributed by atoms with Crippen LogP contribution in [0.2, 0.25) is 0 Å². The van der Waals surface area contributed by atoms with Gasteiger partial charge in [0.15, 0.2) is 5.13 Å². The molecule has 2 amide bonds. The first kappa shape index (κ1) is 23.3. The molecule has 0 aliphatic rings. The molecule has 3 N–H and O–H groups in total. The number of rotatable bonds is 6. The van der Waals surface area contributed by atoms with Crippen molar-refractivity contribution in [2.24, 2.45) is 0 Å². The van der Waals surface area contributed by atoms with Crippen LogP contribution in [-0.2, 0) is 12.7 Å². The van der Waals surface area contributed by atoms with Gasteiger partial charge in [0.1, 0.15) is 10.9 Å². The SMILES string of the molecule is O=C(NCc1ncc(-c2ccc(Br)cc2)[nH]1)Nc1ncc(Sc2ccc(C(F)(F)F)cn2)s1. The van der Waals surface area contributed by atoms with Crippen LogP contribution in [0.25, 0.3) is 11.3 Å². The summed E-state index contributed by atoms with van der Waals surface area (Å²) < 4.78 is 39.5. The Kier molecular flexibility index (Phi) is 7.00. The minimum absolute atomic E-state index is 0.185. The third-order valence-corrected chi connectivity index (χ3v) is 6.67. The van der Waals surface area contributed by atoms with Crippen molar-refractivity contribution in [3.63, 3.8) is 0 Å². The van der Waals surface area contributed by atoms with Crippen LogP contribution in [-0.4, -0.2) is 26.0 Å². The lowest BCUT2D eigenvalue weighted by molar-refractivity contribution is -0.137. The van der Waals surface area contributed by atoms with Crippen molar-refractivity contribution in [2.45, 2.75) is 22.0 Å². The van der Waals surface area contributed by atoms with Crippen molar-refractivity contribution < 1.29 is 18.0 Å². The van der Waals surface area contributed by atoms with E-state index in [0.29, 0.717) is 20.2 Å². The Hall–Kier alpha value is -2.90. The molecule has 0 spiro atoms. The number of halogens is 4. The maximum atomic E-state index is 12.6. The number of alkyl halides is 3. The maximum Gasteiger partial charge on any atom is 0.417 e. The summed E-state index contributed by atoms with van der Waals surface area (Å²) in [5, 5.41) is 6.05. The number of aromatic amines is 1. The van der Waals surface area contributed by atoms with Crippen LogP contribution in [0.1, 0.15) is 11.4 Å². The number of hydrogen-bond donors (Lipinski definition) is 3. The summed E-state index contributed by atoms with van der Waals surface area (Å²) in [7, 11) is 0. The Morgan fingerprint density at radius 2 is 1.85 bits per heavy atom. The molecule has 4 rings (SSSR count). The van der Waals surface area contributed by atoms with E-state index in [1.807, 2.05) is 24.3 Å². The fourth-order valence-corrected chi connectivity index (χ4v) is 4.63. The highest BCUT2D eigenvalue weighted by Gasteiger charge is 2.30. The van der Waals surface area contributed by atoms with Gasteiger partial charge in [-0.1, -0.05) is 51.2 Å². The van der Waals surface area contributed by atoms with Crippen molar-refractivity contribution in [3.05, 3.63) is 70.8 Å². The van der Waals surface area contributed by atoms with Crippen LogP contribution in [0.5, 0.6) is 0 Å². The molecular weight excluding hydrogens is 541 g/mol. The molecule has 7 nitrogen and oxygen atoms in total. The average molecular weight is 555 g/mol. The van der Waals surface area contributed by atoms with Gasteiger partial charge in [0.25, 0.3) is 0 Å². The molecule has 4 aromatic rings. The van der Waals surface area contributed by atoms with Crippen molar-refractivity contribution >= 4 is 50.2 Å². The van der Waals surface area contributed by atoms with E-state index in [9.17, 15) is 18.0 Å². The number of carbonyl (C=O) groups is 1. The summed E-state index contributed by atoms with van der Waals surface area (Å²) in [5.74, 6) is 0.590. The van der Waals surface area contributed by atoms with Crippen LogP contribution in [0, 0.1) is 0 Å². The minimum Gasteiger partial charge on any atom is -0.341 e. The summed E-state index contributed by atoms with van der Waals surface area (Å²) in [4.78, 5) is 27.5. The van der Waals surface area contributed by atoms with E-state index in [1.165, 1.54) is 23.6 Å². The topological polar surface area (TPSA) is 95.6 Å². The second-order valence-corrected chi connectivity index (χ2v) is 9.79. The number of anilines is 1. The van der Waals surface area contributed by atoms with E-state index < -0.39 is 17.8 Å². The highest BCUT2D eigenvalue weighted by molar-refractivity contribution is 9.10. The van der Waals surface area contributed by atoms with Crippen molar-refractivity contribution in [3.8, 4) is 11.3 Å². The number of imidazole rings is 1. The molecule has 3 aromatic heterocycles. The number of nitrogens with one attached hydrogen (secondary N) is 3. The van der Waals surface area contributed by atoms with E-state index >= 15 is 0 Å². The first-order valence-corrected chi connectivity index (χ1v) is 11.7. The minimum atomic E-state index is -4.43. The summed E-state index contributed by atoms with van der Waals surface area (Å²) >= 11 is 5.73. The molecule has 0 aliphatic carbocycles. The van der Waals surface area contributed by atoms with E-state index in [-0.39, 0.29) is 6.54 Å². The lowest BCUT2D eigenvalue weighted by Gasteiger charge is -2.05. The first-order valence-electron chi connectivity index (χ1n) is 9.28. The summed E-state index contributed by atoms with van der Waals surface area (Å²) in [5.41, 5.74) is 0.991. The fraction of sp³-hybridized carbons (Fsp3) is 0.100. The Labute approximate surface area is 202 Å². The highest BCUT2D eigenvalue weighted by atomic mass is 79.9. The molecule has 170 valence electrons. The van der Waals surface area contributed by atoms with Crippen LogP contribution in [0.4, 0.5) is 23.1 Å². The van der Waals surface area contributed by atoms with Gasteiger partial charge < -0.3 is 10.3 Å². The largest absolute Gasteiger partial charge is 0.417 e. The summed E-state index contributed by atoms with van der Waals surface area (Å²) in [6.07, 6.45) is -0.437. The lowest BCUT2D eigenvalue weighted by atomic mass is 10.2. The third kappa shape index (κ3) is 6.33. The number of aromatic nitrogens is 4. The number of amides is 2. The molecule has 0 fully saturated rings. The van der Waals surface area contributed by atoms with E-state index in [4.69, 9.17) is 0 Å². The number of benzene rings is 1. The molecule has 3 heterocycles. The van der Waals surface area contributed by atoms with Crippen LogP contribution < -0.4 is 10.6 Å². The summed E-state index contributed by atoms with van der Waals surface area (Å²) in [6.45, 7) is 0.185. The zero-order valence-electron chi connectivity index (χ0n) is 16.5. The number of pyridine rings is 1. The number of urea groups is 1. The molecular formula is C20H14BrF3N6OS2. The predicted octanol–water partition coefficient (Wildman–Crippen LogP) is 6.18. The fourth-order valence-electron chi connectivity index (χ4n) is 2.61. The van der Waals surface area contributed by atoms with Crippen LogP contribution >= 0.6 is 39.0 Å². The van der Waals surface area contributed by atoms with Gasteiger partial charge in [-0.25, -0.2) is 19.7 Å². The van der Waals surface area contributed by atoms with Crippen LogP contribution in [0.3, 0.4) is 0 Å². The molecule has 0 bridgehead atoms. The average Bonchev–Trinajstić information content (AvgIpc) is 3.42. The van der Waals surface area contributed by atoms with Gasteiger partial charge in [-0.05, 0) is 29.8 Å². The van der Waals surface area contributed by atoms with Gasteiger partial charge in [0.2, 0.25) is 0 Å². The quantitative estimate of drug-likeness (QED) is 0.264. The standard InChI is InChI=1S/C20H14BrF3N6OS2/c21-13-4-1-11(2-5-13)14-8-25-15(29-14)9-27-18(31)30-19-28-10-17(33-19)32-16-6-3-12(7-26-16)20(22,23)24/h1-8,10H,9H2,(H,25,29)(H2,27,28,30,31).